The van der Waals surface area contributed by atoms with E-state index in [4.69, 9.17) is 9.84 Å². The molecule has 0 aromatic rings. The molecule has 1 amide bonds. The Balaban J connectivity index is 1.92. The van der Waals surface area contributed by atoms with Gasteiger partial charge in [0.25, 0.3) is 0 Å². The smallest absolute Gasteiger partial charge is 0.410 e. The van der Waals surface area contributed by atoms with Gasteiger partial charge in [-0.1, -0.05) is 6.92 Å². The number of carbonyl (C=O) groups is 1. The summed E-state index contributed by atoms with van der Waals surface area (Å²) in [6.07, 6.45) is 0.423. The molecule has 5 heteroatoms. The van der Waals surface area contributed by atoms with E-state index in [1.165, 1.54) is 0 Å². The first-order valence-corrected chi connectivity index (χ1v) is 5.55. The van der Waals surface area contributed by atoms with Gasteiger partial charge in [-0.15, -0.1) is 0 Å². The van der Waals surface area contributed by atoms with Crippen LogP contribution in [-0.2, 0) is 4.74 Å². The average molecular weight is 214 g/mol. The van der Waals surface area contributed by atoms with Crippen LogP contribution in [0.3, 0.4) is 0 Å². The molecular formula is C10H18N2O3. The molecule has 2 atom stereocenters. The fourth-order valence-electron chi connectivity index (χ4n) is 2.29. The average Bonchev–Trinajstić information content (AvgIpc) is 2.83. The molecule has 2 rings (SSSR count). The summed E-state index contributed by atoms with van der Waals surface area (Å²) in [4.78, 5) is 15.6. The van der Waals surface area contributed by atoms with Crippen molar-refractivity contribution in [3.8, 4) is 0 Å². The molecule has 15 heavy (non-hydrogen) atoms. The molecule has 0 radical (unpaired) electrons. The first-order chi connectivity index (χ1) is 7.24. The summed E-state index contributed by atoms with van der Waals surface area (Å²) < 4.78 is 5.02. The lowest BCUT2D eigenvalue weighted by Gasteiger charge is -2.21. The van der Waals surface area contributed by atoms with Gasteiger partial charge in [0.1, 0.15) is 6.10 Å². The molecule has 86 valence electrons. The van der Waals surface area contributed by atoms with Gasteiger partial charge in [0.05, 0.1) is 13.2 Å². The van der Waals surface area contributed by atoms with Crippen LogP contribution < -0.4 is 0 Å². The van der Waals surface area contributed by atoms with E-state index >= 15 is 0 Å². The minimum atomic E-state index is -0.326. The molecule has 1 N–H and O–H groups in total. The molecule has 0 aromatic carbocycles. The Morgan fingerprint density at radius 2 is 2.33 bits per heavy atom. The van der Waals surface area contributed by atoms with Crippen LogP contribution >= 0.6 is 0 Å². The highest BCUT2D eigenvalue weighted by atomic mass is 16.6. The molecule has 2 heterocycles. The fraction of sp³-hybridized carbons (Fsp3) is 0.900. The third-order valence-electron chi connectivity index (χ3n) is 3.24. The molecular weight excluding hydrogens is 196 g/mol. The van der Waals surface area contributed by atoms with Crippen molar-refractivity contribution in [3.63, 3.8) is 0 Å². The number of carbonyl (C=O) groups excluding carboxylic acids is 1. The van der Waals surface area contributed by atoms with Crippen molar-refractivity contribution in [1.29, 1.82) is 0 Å². The molecule has 2 aliphatic rings. The van der Waals surface area contributed by atoms with Gasteiger partial charge in [-0.3, -0.25) is 0 Å². The summed E-state index contributed by atoms with van der Waals surface area (Å²) in [6.45, 7) is 5.60. The van der Waals surface area contributed by atoms with E-state index in [-0.39, 0.29) is 24.8 Å². The number of likely N-dealkylation sites (tertiary alicyclic amines) is 1. The van der Waals surface area contributed by atoms with Gasteiger partial charge >= 0.3 is 6.09 Å². The van der Waals surface area contributed by atoms with Crippen LogP contribution in [0, 0.1) is 0 Å². The molecule has 2 aliphatic heterocycles. The number of rotatable bonds is 3. The number of hydrogen-bond acceptors (Lipinski definition) is 4. The van der Waals surface area contributed by atoms with Crippen LogP contribution in [0.5, 0.6) is 0 Å². The van der Waals surface area contributed by atoms with Crippen LogP contribution in [0.2, 0.25) is 0 Å². The normalized spacial score (nSPS) is 32.4. The van der Waals surface area contributed by atoms with Crippen molar-refractivity contribution in [2.45, 2.75) is 25.5 Å². The Morgan fingerprint density at radius 3 is 2.87 bits per heavy atom. The second-order valence-corrected chi connectivity index (χ2v) is 4.18. The van der Waals surface area contributed by atoms with E-state index in [1.54, 1.807) is 4.90 Å². The van der Waals surface area contributed by atoms with Crippen LogP contribution in [0.25, 0.3) is 0 Å². The molecule has 0 saturated carbocycles. The summed E-state index contributed by atoms with van der Waals surface area (Å²) in [6, 6.07) is 0.272. The first kappa shape index (κ1) is 10.7. The third kappa shape index (κ3) is 2.08. The molecule has 2 saturated heterocycles. The van der Waals surface area contributed by atoms with Crippen molar-refractivity contribution >= 4 is 6.09 Å². The first-order valence-electron chi connectivity index (χ1n) is 5.55. The predicted molar refractivity (Wildman–Crippen MR) is 54.6 cm³/mol. The topological polar surface area (TPSA) is 53.0 Å². The second-order valence-electron chi connectivity index (χ2n) is 4.18. The lowest BCUT2D eigenvalue weighted by atomic mass is 10.2. The summed E-state index contributed by atoms with van der Waals surface area (Å²) in [5, 5.41) is 8.93. The summed E-state index contributed by atoms with van der Waals surface area (Å²) in [5.74, 6) is 0. The molecule has 0 aromatic heterocycles. The van der Waals surface area contributed by atoms with E-state index < -0.39 is 0 Å². The highest BCUT2D eigenvalue weighted by molar-refractivity contribution is 5.70. The van der Waals surface area contributed by atoms with E-state index in [9.17, 15) is 4.79 Å². The van der Waals surface area contributed by atoms with Crippen molar-refractivity contribution in [2.24, 2.45) is 0 Å². The Kier molecular flexibility index (Phi) is 3.11. The van der Waals surface area contributed by atoms with Gasteiger partial charge in [-0.2, -0.15) is 0 Å². The standard InChI is InChI=1S/C10H18N2O3/c1-2-11-4-3-8(5-11)12-6-9(7-13)15-10(12)14/h8-9,13H,2-7H2,1H3/t8?,9-/m1/s1. The van der Waals surface area contributed by atoms with Gasteiger partial charge in [-0.05, 0) is 13.0 Å². The lowest BCUT2D eigenvalue weighted by molar-refractivity contribution is 0.0940. The van der Waals surface area contributed by atoms with Crippen molar-refractivity contribution in [3.05, 3.63) is 0 Å². The Labute approximate surface area is 89.6 Å². The maximum atomic E-state index is 11.5. The predicted octanol–water partition coefficient (Wildman–Crippen LogP) is -0.106. The molecule has 5 nitrogen and oxygen atoms in total. The number of amides is 1. The van der Waals surface area contributed by atoms with E-state index in [1.807, 2.05) is 0 Å². The molecule has 2 fully saturated rings. The third-order valence-corrected chi connectivity index (χ3v) is 3.24. The van der Waals surface area contributed by atoms with E-state index in [0.29, 0.717) is 6.54 Å². The maximum Gasteiger partial charge on any atom is 0.410 e. The zero-order valence-electron chi connectivity index (χ0n) is 9.06. The van der Waals surface area contributed by atoms with Crippen LogP contribution in [-0.4, -0.2) is 65.9 Å². The number of ether oxygens (including phenoxy) is 1. The number of cyclic esters (lactones) is 1. The molecule has 0 aliphatic carbocycles. The Morgan fingerprint density at radius 1 is 1.53 bits per heavy atom. The number of nitrogens with zero attached hydrogens (tertiary/aromatic N) is 2. The van der Waals surface area contributed by atoms with Gasteiger partial charge in [-0.25, -0.2) is 4.79 Å². The summed E-state index contributed by atoms with van der Waals surface area (Å²) >= 11 is 0. The Hall–Kier alpha value is -0.810. The number of likely N-dealkylation sites (N-methyl/N-ethyl adjacent to an activating group) is 1. The van der Waals surface area contributed by atoms with E-state index in [0.717, 1.165) is 26.1 Å². The van der Waals surface area contributed by atoms with Crippen molar-refractivity contribution in [2.75, 3.05) is 32.8 Å². The number of aliphatic hydroxyl groups is 1. The summed E-state index contributed by atoms with van der Waals surface area (Å²) in [7, 11) is 0. The van der Waals surface area contributed by atoms with E-state index in [2.05, 4.69) is 11.8 Å². The second kappa shape index (κ2) is 4.37. The van der Waals surface area contributed by atoms with Gasteiger partial charge in [0.2, 0.25) is 0 Å². The van der Waals surface area contributed by atoms with Crippen molar-refractivity contribution < 1.29 is 14.6 Å². The molecule has 1 unspecified atom stereocenters. The number of hydrogen-bond donors (Lipinski definition) is 1. The minimum absolute atomic E-state index is 0.0769. The van der Waals surface area contributed by atoms with Crippen molar-refractivity contribution in [1.82, 2.24) is 9.80 Å². The SMILES string of the molecule is CCN1CCC(N2C[C@H](CO)OC2=O)C1. The van der Waals surface area contributed by atoms with Gasteiger partial charge in [0, 0.05) is 19.1 Å². The highest BCUT2D eigenvalue weighted by Crippen LogP contribution is 2.21. The zero-order valence-corrected chi connectivity index (χ0v) is 9.06. The highest BCUT2D eigenvalue weighted by Gasteiger charge is 2.38. The Bertz CT molecular complexity index is 247. The maximum absolute atomic E-state index is 11.5. The summed E-state index contributed by atoms with van der Waals surface area (Å²) in [5.41, 5.74) is 0. The van der Waals surface area contributed by atoms with Gasteiger partial charge < -0.3 is 19.6 Å². The van der Waals surface area contributed by atoms with Crippen LogP contribution in [0.1, 0.15) is 13.3 Å². The molecule has 0 bridgehead atoms. The largest absolute Gasteiger partial charge is 0.442 e. The monoisotopic (exact) mass is 214 g/mol. The minimum Gasteiger partial charge on any atom is -0.442 e. The lowest BCUT2D eigenvalue weighted by Crippen LogP contribution is -2.38. The van der Waals surface area contributed by atoms with Crippen LogP contribution in [0.4, 0.5) is 4.79 Å². The van der Waals surface area contributed by atoms with Crippen LogP contribution in [0.15, 0.2) is 0 Å². The zero-order chi connectivity index (χ0) is 10.8. The fourth-order valence-corrected chi connectivity index (χ4v) is 2.29. The number of aliphatic hydroxyl groups excluding tert-OH is 1. The molecule has 0 spiro atoms. The quantitative estimate of drug-likeness (QED) is 0.712. The van der Waals surface area contributed by atoms with Gasteiger partial charge in [0.15, 0.2) is 0 Å².